The zero-order valence-corrected chi connectivity index (χ0v) is 9.32. The van der Waals surface area contributed by atoms with E-state index in [1.54, 1.807) is 0 Å². The van der Waals surface area contributed by atoms with Gasteiger partial charge in [0.25, 0.3) is 0 Å². The minimum atomic E-state index is -4.82. The second-order valence-electron chi connectivity index (χ2n) is 3.19. The number of primary amides is 1. The number of alkyl halides is 3. The van der Waals surface area contributed by atoms with Crippen LogP contribution in [0.15, 0.2) is 24.3 Å². The average Bonchev–Trinajstić information content (AvgIpc) is 2.24. The van der Waals surface area contributed by atoms with Gasteiger partial charge in [0.15, 0.2) is 11.5 Å². The van der Waals surface area contributed by atoms with Gasteiger partial charge in [0.2, 0.25) is 5.91 Å². The maximum atomic E-state index is 12.1. The first-order valence-electron chi connectivity index (χ1n) is 4.73. The van der Waals surface area contributed by atoms with Crippen LogP contribution in [0.5, 0.6) is 11.5 Å². The highest BCUT2D eigenvalue weighted by atomic mass is 19.4. The summed E-state index contributed by atoms with van der Waals surface area (Å²) in [5, 5.41) is 0. The molecule has 18 heavy (non-hydrogen) atoms. The van der Waals surface area contributed by atoms with E-state index in [1.165, 1.54) is 25.3 Å². The molecule has 0 saturated carbocycles. The Kier molecular flexibility index (Phi) is 4.19. The van der Waals surface area contributed by atoms with Crippen LogP contribution < -0.4 is 15.2 Å². The molecule has 2 N–H and O–H groups in total. The molecule has 0 radical (unpaired) electrons. The maximum Gasteiger partial charge on any atom is 0.573 e. The van der Waals surface area contributed by atoms with Crippen LogP contribution in [-0.2, 0) is 4.79 Å². The Hall–Kier alpha value is -2.18. The van der Waals surface area contributed by atoms with Gasteiger partial charge >= 0.3 is 6.36 Å². The molecule has 0 heterocycles. The number of benzene rings is 1. The summed E-state index contributed by atoms with van der Waals surface area (Å²) < 4.78 is 44.9. The molecule has 0 atom stereocenters. The Morgan fingerprint density at radius 2 is 2.00 bits per heavy atom. The Morgan fingerprint density at radius 1 is 1.33 bits per heavy atom. The molecule has 0 aliphatic rings. The van der Waals surface area contributed by atoms with Crippen molar-refractivity contribution in [3.05, 3.63) is 29.8 Å². The third kappa shape index (κ3) is 4.36. The van der Waals surface area contributed by atoms with Crippen molar-refractivity contribution in [1.29, 1.82) is 0 Å². The lowest BCUT2D eigenvalue weighted by molar-refractivity contribution is -0.275. The average molecular weight is 261 g/mol. The van der Waals surface area contributed by atoms with Crippen molar-refractivity contribution >= 4 is 12.0 Å². The summed E-state index contributed by atoms with van der Waals surface area (Å²) in [7, 11) is 1.22. The normalized spacial score (nSPS) is 11.6. The number of amides is 1. The van der Waals surface area contributed by atoms with Gasteiger partial charge in [0.05, 0.1) is 7.11 Å². The fraction of sp³-hybridized carbons (Fsp3) is 0.182. The van der Waals surface area contributed by atoms with Crippen LogP contribution in [0.2, 0.25) is 0 Å². The van der Waals surface area contributed by atoms with Gasteiger partial charge in [-0.2, -0.15) is 0 Å². The summed E-state index contributed by atoms with van der Waals surface area (Å²) in [5.74, 6) is -1.26. The Balaban J connectivity index is 3.05. The van der Waals surface area contributed by atoms with Crippen LogP contribution in [0.1, 0.15) is 5.56 Å². The molecule has 0 saturated heterocycles. The molecule has 0 aliphatic carbocycles. The predicted molar refractivity (Wildman–Crippen MR) is 57.9 cm³/mol. The molecule has 1 aromatic rings. The van der Waals surface area contributed by atoms with E-state index < -0.39 is 18.0 Å². The van der Waals surface area contributed by atoms with E-state index >= 15 is 0 Å². The van der Waals surface area contributed by atoms with Gasteiger partial charge in [-0.1, -0.05) is 6.07 Å². The zero-order valence-electron chi connectivity index (χ0n) is 9.32. The SMILES string of the molecule is COc1ccc(/C=C\C(N)=O)cc1OC(F)(F)F. The van der Waals surface area contributed by atoms with E-state index in [0.29, 0.717) is 5.56 Å². The summed E-state index contributed by atoms with van der Waals surface area (Å²) in [5.41, 5.74) is 5.20. The van der Waals surface area contributed by atoms with Crippen LogP contribution in [-0.4, -0.2) is 19.4 Å². The first-order valence-corrected chi connectivity index (χ1v) is 4.73. The molecular formula is C11H10F3NO3. The van der Waals surface area contributed by atoms with E-state index in [9.17, 15) is 18.0 Å². The number of rotatable bonds is 4. The summed E-state index contributed by atoms with van der Waals surface area (Å²) >= 11 is 0. The van der Waals surface area contributed by atoms with Crippen LogP contribution >= 0.6 is 0 Å². The van der Waals surface area contributed by atoms with E-state index in [0.717, 1.165) is 12.1 Å². The molecule has 0 fully saturated rings. The number of carbonyl (C=O) groups is 1. The van der Waals surface area contributed by atoms with Crippen LogP contribution in [0.25, 0.3) is 6.08 Å². The summed E-state index contributed by atoms with van der Waals surface area (Å²) in [6.07, 6.45) is -2.52. The molecule has 0 spiro atoms. The van der Waals surface area contributed by atoms with Crippen molar-refractivity contribution in [3.63, 3.8) is 0 Å². The van der Waals surface area contributed by atoms with Crippen molar-refractivity contribution < 1.29 is 27.4 Å². The smallest absolute Gasteiger partial charge is 0.493 e. The first kappa shape index (κ1) is 13.9. The second-order valence-corrected chi connectivity index (χ2v) is 3.19. The minimum absolute atomic E-state index is 0.0662. The van der Waals surface area contributed by atoms with Crippen molar-refractivity contribution in [2.75, 3.05) is 7.11 Å². The van der Waals surface area contributed by atoms with E-state index in [2.05, 4.69) is 4.74 Å². The molecule has 1 rings (SSSR count). The third-order valence-corrected chi connectivity index (χ3v) is 1.85. The Bertz CT molecular complexity index is 469. The molecule has 1 aromatic carbocycles. The molecule has 98 valence electrons. The molecule has 7 heteroatoms. The van der Waals surface area contributed by atoms with Gasteiger partial charge in [-0.05, 0) is 23.8 Å². The van der Waals surface area contributed by atoms with Crippen molar-refractivity contribution in [3.8, 4) is 11.5 Å². The number of methoxy groups -OCH3 is 1. The second kappa shape index (κ2) is 5.44. The van der Waals surface area contributed by atoms with E-state index in [4.69, 9.17) is 10.5 Å². The van der Waals surface area contributed by atoms with Gasteiger partial charge in [0.1, 0.15) is 0 Å². The molecule has 0 bridgehead atoms. The molecular weight excluding hydrogens is 251 g/mol. The van der Waals surface area contributed by atoms with E-state index in [1.807, 2.05) is 0 Å². The standard InChI is InChI=1S/C11H10F3NO3/c1-17-8-4-2-7(3-5-10(15)16)6-9(8)18-11(12,13)14/h2-6H,1H3,(H2,15,16)/b5-3-. The summed E-state index contributed by atoms with van der Waals surface area (Å²) in [4.78, 5) is 10.5. The van der Waals surface area contributed by atoms with Crippen LogP contribution in [0, 0.1) is 0 Å². The molecule has 1 amide bonds. The number of hydrogen-bond acceptors (Lipinski definition) is 3. The van der Waals surface area contributed by atoms with Gasteiger partial charge in [0, 0.05) is 6.08 Å². The summed E-state index contributed by atoms with van der Waals surface area (Å²) in [6.45, 7) is 0. The lowest BCUT2D eigenvalue weighted by Gasteiger charge is -2.12. The Morgan fingerprint density at radius 3 is 2.50 bits per heavy atom. The fourth-order valence-corrected chi connectivity index (χ4v) is 1.18. The maximum absolute atomic E-state index is 12.1. The topological polar surface area (TPSA) is 61.5 Å². The van der Waals surface area contributed by atoms with Gasteiger partial charge in [-0.25, -0.2) is 0 Å². The van der Waals surface area contributed by atoms with Crippen molar-refractivity contribution in [1.82, 2.24) is 0 Å². The van der Waals surface area contributed by atoms with Gasteiger partial charge < -0.3 is 15.2 Å². The van der Waals surface area contributed by atoms with E-state index in [-0.39, 0.29) is 5.75 Å². The van der Waals surface area contributed by atoms with Gasteiger partial charge in [-0.3, -0.25) is 4.79 Å². The molecule has 0 unspecified atom stereocenters. The highest BCUT2D eigenvalue weighted by Gasteiger charge is 2.32. The molecule has 4 nitrogen and oxygen atoms in total. The summed E-state index contributed by atoms with van der Waals surface area (Å²) in [6, 6.07) is 3.84. The zero-order chi connectivity index (χ0) is 13.8. The predicted octanol–water partition coefficient (Wildman–Crippen LogP) is 2.09. The largest absolute Gasteiger partial charge is 0.573 e. The van der Waals surface area contributed by atoms with Crippen molar-refractivity contribution in [2.24, 2.45) is 5.73 Å². The number of nitrogens with two attached hydrogens (primary N) is 1. The number of carbonyl (C=O) groups excluding carboxylic acids is 1. The highest BCUT2D eigenvalue weighted by Crippen LogP contribution is 2.33. The lowest BCUT2D eigenvalue weighted by atomic mass is 10.2. The minimum Gasteiger partial charge on any atom is -0.493 e. The van der Waals surface area contributed by atoms with Crippen LogP contribution in [0.4, 0.5) is 13.2 Å². The third-order valence-electron chi connectivity index (χ3n) is 1.85. The number of hydrogen-bond donors (Lipinski definition) is 1. The van der Waals surface area contributed by atoms with Crippen molar-refractivity contribution in [2.45, 2.75) is 6.36 Å². The Labute approximate surface area is 101 Å². The molecule has 0 aliphatic heterocycles. The quantitative estimate of drug-likeness (QED) is 0.844. The van der Waals surface area contributed by atoms with Crippen LogP contribution in [0.3, 0.4) is 0 Å². The monoisotopic (exact) mass is 261 g/mol. The number of halogens is 3. The van der Waals surface area contributed by atoms with Gasteiger partial charge in [-0.15, -0.1) is 13.2 Å². The first-order chi connectivity index (χ1) is 8.31. The molecule has 0 aromatic heterocycles. The highest BCUT2D eigenvalue weighted by molar-refractivity contribution is 5.90. The number of ether oxygens (including phenoxy) is 2. The lowest BCUT2D eigenvalue weighted by Crippen LogP contribution is -2.17. The fourth-order valence-electron chi connectivity index (χ4n) is 1.18.